The number of aromatic carboxylic acids is 1. The summed E-state index contributed by atoms with van der Waals surface area (Å²) in [5, 5.41) is 9.24. The molecule has 2 aliphatic heterocycles. The SMILES string of the molecule is Cc1cc(C(=O)O)cc(C(=O)N2CC3CC4CC(C3)CC2C4)c1. The predicted molar refractivity (Wildman–Crippen MR) is 86.5 cm³/mol. The number of hydrogen-bond donors (Lipinski definition) is 1. The van der Waals surface area contributed by atoms with E-state index < -0.39 is 5.97 Å². The number of carboxylic acids is 1. The number of fused-ring (bicyclic) bond motifs is 1. The first-order chi connectivity index (χ1) is 11.0. The Balaban J connectivity index is 1.65. The Labute approximate surface area is 136 Å². The number of rotatable bonds is 2. The van der Waals surface area contributed by atoms with Crippen molar-refractivity contribution in [3.8, 4) is 0 Å². The van der Waals surface area contributed by atoms with E-state index in [1.807, 2.05) is 13.0 Å². The molecule has 1 amide bonds. The zero-order valence-corrected chi connectivity index (χ0v) is 13.5. The quantitative estimate of drug-likeness (QED) is 0.911. The molecular weight excluding hydrogens is 290 g/mol. The minimum atomic E-state index is -0.974. The number of benzene rings is 1. The molecule has 2 aliphatic carbocycles. The average Bonchev–Trinajstić information content (AvgIpc) is 2.69. The molecule has 2 saturated carbocycles. The Morgan fingerprint density at radius 2 is 1.57 bits per heavy atom. The standard InChI is InChI=1S/C19H23NO3/c1-11-2-15(9-16(3-11)19(22)23)18(21)20-10-14-5-12-4-13(6-14)8-17(20)7-12/h2-3,9,12-14,17H,4-8,10H2,1H3,(H,22,23). The Kier molecular flexibility index (Phi) is 3.43. The molecule has 4 bridgehead atoms. The maximum atomic E-state index is 13.1. The minimum absolute atomic E-state index is 0.0226. The first-order valence-electron chi connectivity index (χ1n) is 8.65. The number of carbonyl (C=O) groups is 2. The fraction of sp³-hybridized carbons (Fsp3) is 0.579. The molecule has 23 heavy (non-hydrogen) atoms. The Bertz CT molecular complexity index is 655. The van der Waals surface area contributed by atoms with Gasteiger partial charge in [-0.15, -0.1) is 0 Å². The Morgan fingerprint density at radius 3 is 2.22 bits per heavy atom. The molecule has 1 aromatic carbocycles. The van der Waals surface area contributed by atoms with Gasteiger partial charge < -0.3 is 10.0 Å². The van der Waals surface area contributed by atoms with Crippen LogP contribution in [0.4, 0.5) is 0 Å². The fourth-order valence-electron chi connectivity index (χ4n) is 5.23. The molecule has 0 aromatic heterocycles. The summed E-state index contributed by atoms with van der Waals surface area (Å²) in [4.78, 5) is 26.4. The molecule has 2 heterocycles. The van der Waals surface area contributed by atoms with Crippen LogP contribution in [0.3, 0.4) is 0 Å². The first kappa shape index (κ1) is 14.7. The maximum Gasteiger partial charge on any atom is 0.335 e. The van der Waals surface area contributed by atoms with Crippen molar-refractivity contribution in [2.24, 2.45) is 17.8 Å². The van der Waals surface area contributed by atoms with Crippen molar-refractivity contribution in [2.45, 2.75) is 45.1 Å². The second kappa shape index (κ2) is 5.36. The van der Waals surface area contributed by atoms with Gasteiger partial charge in [-0.1, -0.05) is 0 Å². The van der Waals surface area contributed by atoms with E-state index in [1.165, 1.54) is 25.3 Å². The summed E-state index contributed by atoms with van der Waals surface area (Å²) < 4.78 is 0. The van der Waals surface area contributed by atoms with Gasteiger partial charge >= 0.3 is 5.97 Å². The Morgan fingerprint density at radius 1 is 0.957 bits per heavy atom. The summed E-state index contributed by atoms with van der Waals surface area (Å²) in [5.41, 5.74) is 1.56. The van der Waals surface area contributed by atoms with Gasteiger partial charge in [0.15, 0.2) is 0 Å². The van der Waals surface area contributed by atoms with E-state index >= 15 is 0 Å². The molecule has 1 aromatic rings. The van der Waals surface area contributed by atoms with Gasteiger partial charge in [0.2, 0.25) is 0 Å². The highest BCUT2D eigenvalue weighted by molar-refractivity contribution is 5.98. The van der Waals surface area contributed by atoms with Gasteiger partial charge in [-0.25, -0.2) is 4.79 Å². The number of amides is 1. The molecule has 4 aliphatic rings. The lowest BCUT2D eigenvalue weighted by atomic mass is 9.68. The summed E-state index contributed by atoms with van der Waals surface area (Å²) in [6.07, 6.45) is 6.16. The van der Waals surface area contributed by atoms with Crippen molar-refractivity contribution >= 4 is 11.9 Å². The van der Waals surface area contributed by atoms with Gasteiger partial charge in [-0.2, -0.15) is 0 Å². The van der Waals surface area contributed by atoms with Crippen LogP contribution in [0, 0.1) is 24.7 Å². The van der Waals surface area contributed by atoms with E-state index in [0.29, 0.717) is 17.5 Å². The lowest BCUT2D eigenvalue weighted by Gasteiger charge is -2.39. The van der Waals surface area contributed by atoms with E-state index in [2.05, 4.69) is 4.90 Å². The van der Waals surface area contributed by atoms with Crippen LogP contribution in [0.5, 0.6) is 0 Å². The van der Waals surface area contributed by atoms with Gasteiger partial charge in [0.25, 0.3) is 5.91 Å². The lowest BCUT2D eigenvalue weighted by Crippen LogP contribution is -2.42. The topological polar surface area (TPSA) is 57.6 Å². The zero-order chi connectivity index (χ0) is 16.1. The van der Waals surface area contributed by atoms with E-state index in [0.717, 1.165) is 36.8 Å². The van der Waals surface area contributed by atoms with Crippen LogP contribution < -0.4 is 0 Å². The fourth-order valence-corrected chi connectivity index (χ4v) is 5.23. The average molecular weight is 313 g/mol. The lowest BCUT2D eigenvalue weighted by molar-refractivity contribution is 0.0632. The van der Waals surface area contributed by atoms with Crippen LogP contribution in [0.25, 0.3) is 0 Å². The zero-order valence-electron chi connectivity index (χ0n) is 13.5. The second-order valence-electron chi connectivity index (χ2n) is 7.78. The summed E-state index contributed by atoms with van der Waals surface area (Å²) in [7, 11) is 0. The highest BCUT2D eigenvalue weighted by Gasteiger charge is 2.44. The minimum Gasteiger partial charge on any atom is -0.478 e. The van der Waals surface area contributed by atoms with Crippen molar-refractivity contribution in [3.05, 3.63) is 34.9 Å². The van der Waals surface area contributed by atoms with Crippen molar-refractivity contribution < 1.29 is 14.7 Å². The molecule has 1 N–H and O–H groups in total. The molecule has 2 saturated heterocycles. The highest BCUT2D eigenvalue weighted by atomic mass is 16.4. The van der Waals surface area contributed by atoms with Gasteiger partial charge in [0, 0.05) is 18.2 Å². The summed E-state index contributed by atoms with van der Waals surface area (Å²) in [6, 6.07) is 5.33. The molecule has 4 nitrogen and oxygen atoms in total. The van der Waals surface area contributed by atoms with Crippen molar-refractivity contribution in [2.75, 3.05) is 6.54 Å². The molecule has 4 fully saturated rings. The van der Waals surface area contributed by atoms with Crippen LogP contribution in [0.1, 0.15) is 58.4 Å². The van der Waals surface area contributed by atoms with Crippen molar-refractivity contribution in [3.63, 3.8) is 0 Å². The second-order valence-corrected chi connectivity index (χ2v) is 7.78. The third-order valence-electron chi connectivity index (χ3n) is 5.94. The van der Waals surface area contributed by atoms with Gasteiger partial charge in [-0.3, -0.25) is 4.79 Å². The first-order valence-corrected chi connectivity index (χ1v) is 8.65. The maximum absolute atomic E-state index is 13.1. The third-order valence-corrected chi connectivity index (χ3v) is 5.94. The molecule has 2 unspecified atom stereocenters. The van der Waals surface area contributed by atoms with Gasteiger partial charge in [-0.05, 0) is 80.5 Å². The van der Waals surface area contributed by atoms with Crippen LogP contribution in [-0.4, -0.2) is 34.5 Å². The van der Waals surface area contributed by atoms with Crippen molar-refractivity contribution in [1.82, 2.24) is 4.90 Å². The normalized spacial score (nSPS) is 32.0. The van der Waals surface area contributed by atoms with Crippen molar-refractivity contribution in [1.29, 1.82) is 0 Å². The monoisotopic (exact) mass is 313 g/mol. The number of nitrogens with zero attached hydrogens (tertiary/aromatic N) is 1. The van der Waals surface area contributed by atoms with Gasteiger partial charge in [0.05, 0.1) is 5.56 Å². The van der Waals surface area contributed by atoms with Crippen LogP contribution in [-0.2, 0) is 0 Å². The van der Waals surface area contributed by atoms with E-state index in [4.69, 9.17) is 0 Å². The Hall–Kier alpha value is -1.84. The third kappa shape index (κ3) is 2.64. The highest BCUT2D eigenvalue weighted by Crippen LogP contribution is 2.47. The number of aryl methyl sites for hydroxylation is 1. The smallest absolute Gasteiger partial charge is 0.335 e. The number of carbonyl (C=O) groups excluding carboxylic acids is 1. The molecule has 0 spiro atoms. The molecule has 0 radical (unpaired) electrons. The summed E-state index contributed by atoms with van der Waals surface area (Å²) in [5.74, 6) is 1.27. The summed E-state index contributed by atoms with van der Waals surface area (Å²) in [6.45, 7) is 2.70. The van der Waals surface area contributed by atoms with E-state index in [9.17, 15) is 14.7 Å². The van der Waals surface area contributed by atoms with E-state index in [-0.39, 0.29) is 11.5 Å². The number of hydrogen-bond acceptors (Lipinski definition) is 2. The van der Waals surface area contributed by atoms with Gasteiger partial charge in [0.1, 0.15) is 0 Å². The van der Waals surface area contributed by atoms with Crippen LogP contribution in [0.15, 0.2) is 18.2 Å². The summed E-state index contributed by atoms with van der Waals surface area (Å²) >= 11 is 0. The number of carboxylic acid groups (broad SMARTS) is 1. The molecule has 122 valence electrons. The molecular formula is C19H23NO3. The molecule has 4 heteroatoms. The van der Waals surface area contributed by atoms with Crippen LogP contribution >= 0.6 is 0 Å². The largest absolute Gasteiger partial charge is 0.478 e. The van der Waals surface area contributed by atoms with E-state index in [1.54, 1.807) is 6.07 Å². The molecule has 2 atom stereocenters. The van der Waals surface area contributed by atoms with Crippen LogP contribution in [0.2, 0.25) is 0 Å². The molecule has 5 rings (SSSR count). The predicted octanol–water partition coefficient (Wildman–Crippen LogP) is 3.34.